The maximum atomic E-state index is 12.7. The standard InChI is InChI=1S/C21H26N2O3/c24-20(18-15-6-7-16(12-15)19(18)21(25)26)22-17-8-10-23(11-9-17)13-14-4-2-1-3-5-14/h1-7,15-19H,8-13H2,(H,22,24)(H,25,26)/t15-,16-,18+,19-/m0/s1. The Hall–Kier alpha value is -2.14. The summed E-state index contributed by atoms with van der Waals surface area (Å²) in [6.45, 7) is 3.08. The Morgan fingerprint density at radius 2 is 1.69 bits per heavy atom. The van der Waals surface area contributed by atoms with Crippen LogP contribution in [-0.4, -0.2) is 31.0 Å². The maximum absolute atomic E-state index is 12.7. The van der Waals surface area contributed by atoms with Crippen LogP contribution in [0.1, 0.15) is 24.8 Å². The van der Waals surface area contributed by atoms with Crippen LogP contribution in [0.5, 0.6) is 0 Å². The molecule has 2 bridgehead atoms. The molecule has 2 aliphatic carbocycles. The number of rotatable bonds is 5. The monoisotopic (exact) mass is 354 g/mol. The number of nitrogens with one attached hydrogen (secondary N) is 2. The van der Waals surface area contributed by atoms with Gasteiger partial charge < -0.3 is 20.1 Å². The van der Waals surface area contributed by atoms with E-state index in [2.05, 4.69) is 29.6 Å². The van der Waals surface area contributed by atoms with Crippen LogP contribution < -0.4 is 15.3 Å². The molecule has 1 heterocycles. The van der Waals surface area contributed by atoms with Crippen LogP contribution in [-0.2, 0) is 16.1 Å². The lowest BCUT2D eigenvalue weighted by Crippen LogP contribution is -3.12. The third-order valence-electron chi connectivity index (χ3n) is 6.37. The summed E-state index contributed by atoms with van der Waals surface area (Å²) in [5, 5.41) is 14.6. The number of hydrogen-bond donors (Lipinski definition) is 2. The molecule has 0 spiro atoms. The zero-order valence-corrected chi connectivity index (χ0v) is 14.9. The number of amides is 1. The van der Waals surface area contributed by atoms with Crippen molar-refractivity contribution in [1.82, 2.24) is 5.32 Å². The first-order valence-corrected chi connectivity index (χ1v) is 9.69. The second-order valence-electron chi connectivity index (χ2n) is 8.01. The summed E-state index contributed by atoms with van der Waals surface area (Å²) < 4.78 is 0. The first-order valence-electron chi connectivity index (χ1n) is 9.69. The van der Waals surface area contributed by atoms with Crippen LogP contribution in [0.25, 0.3) is 0 Å². The molecule has 1 aromatic carbocycles. The van der Waals surface area contributed by atoms with Gasteiger partial charge in [0.15, 0.2) is 0 Å². The molecule has 1 aromatic rings. The molecule has 1 amide bonds. The van der Waals surface area contributed by atoms with Crippen molar-refractivity contribution in [2.75, 3.05) is 13.1 Å². The maximum Gasteiger partial charge on any atom is 0.224 e. The van der Waals surface area contributed by atoms with Crippen molar-refractivity contribution in [2.24, 2.45) is 23.7 Å². The van der Waals surface area contributed by atoms with Crippen molar-refractivity contribution < 1.29 is 19.6 Å². The quantitative estimate of drug-likeness (QED) is 0.703. The Bertz CT molecular complexity index is 694. The number of carbonyl (C=O) groups is 2. The highest BCUT2D eigenvalue weighted by atomic mass is 16.4. The van der Waals surface area contributed by atoms with Crippen LogP contribution in [0.2, 0.25) is 0 Å². The molecular weight excluding hydrogens is 328 g/mol. The lowest BCUT2D eigenvalue weighted by atomic mass is 9.82. The van der Waals surface area contributed by atoms with Crippen LogP contribution in [0.3, 0.4) is 0 Å². The number of aliphatic carboxylic acids is 1. The summed E-state index contributed by atoms with van der Waals surface area (Å²) in [5.41, 5.74) is 1.34. The predicted molar refractivity (Wildman–Crippen MR) is 94.7 cm³/mol. The summed E-state index contributed by atoms with van der Waals surface area (Å²) in [6, 6.07) is 10.6. The van der Waals surface area contributed by atoms with Crippen LogP contribution >= 0.6 is 0 Å². The average molecular weight is 354 g/mol. The highest BCUT2D eigenvalue weighted by molar-refractivity contribution is 5.86. The molecule has 0 radical (unpaired) electrons. The largest absolute Gasteiger partial charge is 0.550 e. The molecule has 2 fully saturated rings. The summed E-state index contributed by atoms with van der Waals surface area (Å²) >= 11 is 0. The van der Waals surface area contributed by atoms with E-state index in [0.717, 1.165) is 38.9 Å². The molecule has 5 heteroatoms. The van der Waals surface area contributed by atoms with Crippen LogP contribution in [0, 0.1) is 23.7 Å². The highest BCUT2D eigenvalue weighted by Crippen LogP contribution is 2.47. The van der Waals surface area contributed by atoms with Gasteiger partial charge in [0.1, 0.15) is 6.54 Å². The second kappa shape index (κ2) is 7.23. The molecule has 5 nitrogen and oxygen atoms in total. The number of carboxylic acid groups (broad SMARTS) is 1. The Morgan fingerprint density at radius 3 is 2.35 bits per heavy atom. The zero-order valence-electron chi connectivity index (χ0n) is 14.9. The third-order valence-corrected chi connectivity index (χ3v) is 6.37. The van der Waals surface area contributed by atoms with Gasteiger partial charge >= 0.3 is 0 Å². The SMILES string of the molecule is O=C([O-])[C@@H]1[C@H](C(=O)NC2CC[NH+](Cc3ccccc3)CC2)[C@H]2C=C[C@H]1C2. The fourth-order valence-corrected chi connectivity index (χ4v) is 5.03. The number of fused-ring (bicyclic) bond motifs is 2. The molecule has 3 aliphatic rings. The summed E-state index contributed by atoms with van der Waals surface area (Å²) in [7, 11) is 0. The number of carboxylic acids is 1. The van der Waals surface area contributed by atoms with E-state index in [1.807, 2.05) is 18.2 Å². The highest BCUT2D eigenvalue weighted by Gasteiger charge is 2.49. The van der Waals surface area contributed by atoms with Gasteiger partial charge in [0, 0.05) is 36.3 Å². The zero-order chi connectivity index (χ0) is 18.1. The van der Waals surface area contributed by atoms with E-state index in [0.29, 0.717) is 0 Å². The van der Waals surface area contributed by atoms with Gasteiger partial charge in [-0.3, -0.25) is 4.79 Å². The van der Waals surface area contributed by atoms with Gasteiger partial charge in [-0.15, -0.1) is 0 Å². The van der Waals surface area contributed by atoms with Gasteiger partial charge in [0.2, 0.25) is 5.91 Å². The van der Waals surface area contributed by atoms with E-state index in [1.165, 1.54) is 10.5 Å². The second-order valence-corrected chi connectivity index (χ2v) is 8.01. The predicted octanol–water partition coefficient (Wildman–Crippen LogP) is -0.462. The van der Waals surface area contributed by atoms with Gasteiger partial charge in [-0.2, -0.15) is 0 Å². The number of allylic oxidation sites excluding steroid dienone is 2. The molecule has 2 N–H and O–H groups in total. The smallest absolute Gasteiger partial charge is 0.224 e. The molecule has 1 saturated heterocycles. The van der Waals surface area contributed by atoms with Gasteiger partial charge in [-0.25, -0.2) is 0 Å². The molecule has 0 unspecified atom stereocenters. The molecule has 0 aromatic heterocycles. The summed E-state index contributed by atoms with van der Waals surface area (Å²) in [6.07, 6.45) is 6.62. The molecular formula is C21H26N2O3. The minimum absolute atomic E-state index is 0.0297. The van der Waals surface area contributed by atoms with E-state index in [1.54, 1.807) is 0 Å². The van der Waals surface area contributed by atoms with Crippen molar-refractivity contribution in [3.8, 4) is 0 Å². The van der Waals surface area contributed by atoms with E-state index in [-0.39, 0.29) is 23.8 Å². The lowest BCUT2D eigenvalue weighted by molar-refractivity contribution is -0.918. The van der Waals surface area contributed by atoms with E-state index >= 15 is 0 Å². The fourth-order valence-electron chi connectivity index (χ4n) is 5.03. The molecule has 1 saturated carbocycles. The van der Waals surface area contributed by atoms with Gasteiger partial charge in [-0.1, -0.05) is 42.5 Å². The normalized spacial score (nSPS) is 35.4. The first kappa shape index (κ1) is 17.3. The Morgan fingerprint density at radius 1 is 1.04 bits per heavy atom. The molecule has 1 aliphatic heterocycles. The number of quaternary nitrogens is 1. The van der Waals surface area contributed by atoms with E-state index in [9.17, 15) is 14.7 Å². The van der Waals surface area contributed by atoms with Crippen molar-refractivity contribution in [3.63, 3.8) is 0 Å². The number of piperidine rings is 1. The van der Waals surface area contributed by atoms with Crippen LogP contribution in [0.15, 0.2) is 42.5 Å². The number of carbonyl (C=O) groups excluding carboxylic acids is 2. The molecule has 4 rings (SSSR count). The minimum Gasteiger partial charge on any atom is -0.550 e. The van der Waals surface area contributed by atoms with Crippen molar-refractivity contribution in [2.45, 2.75) is 31.8 Å². The van der Waals surface area contributed by atoms with E-state index in [4.69, 9.17) is 0 Å². The Kier molecular flexibility index (Phi) is 4.81. The molecule has 4 atom stereocenters. The molecule has 26 heavy (non-hydrogen) atoms. The van der Waals surface area contributed by atoms with Crippen molar-refractivity contribution in [3.05, 3.63) is 48.0 Å². The van der Waals surface area contributed by atoms with Crippen molar-refractivity contribution in [1.29, 1.82) is 0 Å². The first-order chi connectivity index (χ1) is 12.6. The minimum atomic E-state index is -1.08. The van der Waals surface area contributed by atoms with Gasteiger partial charge in [0.05, 0.1) is 19.0 Å². The van der Waals surface area contributed by atoms with Crippen LogP contribution in [0.4, 0.5) is 0 Å². The lowest BCUT2D eigenvalue weighted by Gasteiger charge is -2.33. The van der Waals surface area contributed by atoms with Gasteiger partial charge in [-0.05, 0) is 18.3 Å². The third kappa shape index (κ3) is 3.40. The Labute approximate surface area is 154 Å². The average Bonchev–Trinajstić information content (AvgIpc) is 3.25. The number of hydrogen-bond acceptors (Lipinski definition) is 3. The molecule has 138 valence electrons. The van der Waals surface area contributed by atoms with E-state index < -0.39 is 17.8 Å². The number of likely N-dealkylation sites (tertiary alicyclic amines) is 1. The Balaban J connectivity index is 1.30. The number of benzene rings is 1. The summed E-state index contributed by atoms with van der Waals surface area (Å²) in [5.74, 6) is -2.25. The summed E-state index contributed by atoms with van der Waals surface area (Å²) in [4.78, 5) is 25.8. The fraction of sp³-hybridized carbons (Fsp3) is 0.524. The van der Waals surface area contributed by atoms with Crippen molar-refractivity contribution >= 4 is 11.9 Å². The van der Waals surface area contributed by atoms with Gasteiger partial charge in [0.25, 0.3) is 0 Å². The topological polar surface area (TPSA) is 73.7 Å².